The molecule has 0 saturated carbocycles. The number of benzene rings is 1. The van der Waals surface area contributed by atoms with E-state index in [9.17, 15) is 13.6 Å². The summed E-state index contributed by atoms with van der Waals surface area (Å²) in [6, 6.07) is 5.64. The smallest absolute Gasteiger partial charge is 0.387 e. The van der Waals surface area contributed by atoms with Crippen LogP contribution >= 0.6 is 15.9 Å². The van der Waals surface area contributed by atoms with Crippen LogP contribution in [-0.4, -0.2) is 22.2 Å². The maximum absolute atomic E-state index is 12.3. The molecule has 2 aromatic rings. The Morgan fingerprint density at radius 1 is 1.47 bits per heavy atom. The molecule has 19 heavy (non-hydrogen) atoms. The summed E-state index contributed by atoms with van der Waals surface area (Å²) in [6.07, 6.45) is 1.49. The van der Waals surface area contributed by atoms with E-state index in [2.05, 4.69) is 25.8 Å². The quantitative estimate of drug-likeness (QED) is 0.809. The monoisotopic (exact) mass is 330 g/mol. The number of ketones is 1. The number of ether oxygens (including phenoxy) is 1. The molecule has 1 heterocycles. The largest absolute Gasteiger partial charge is 0.435 e. The van der Waals surface area contributed by atoms with Crippen LogP contribution in [0.2, 0.25) is 0 Å². The Hall–Kier alpha value is -1.76. The number of carbonyl (C=O) groups is 1. The summed E-state index contributed by atoms with van der Waals surface area (Å²) in [5.41, 5.74) is 0.594. The summed E-state index contributed by atoms with van der Waals surface area (Å²) in [7, 11) is 1.62. The van der Waals surface area contributed by atoms with E-state index in [0.717, 1.165) is 0 Å². The van der Waals surface area contributed by atoms with Crippen molar-refractivity contribution in [3.05, 3.63) is 46.2 Å². The molecular formula is C12H9BrF2N2O2. The first kappa shape index (κ1) is 13.7. The van der Waals surface area contributed by atoms with Gasteiger partial charge in [-0.25, -0.2) is 0 Å². The minimum Gasteiger partial charge on any atom is -0.435 e. The van der Waals surface area contributed by atoms with Gasteiger partial charge in [0.2, 0.25) is 5.78 Å². The third kappa shape index (κ3) is 2.98. The summed E-state index contributed by atoms with van der Waals surface area (Å²) < 4.78 is 30.5. The van der Waals surface area contributed by atoms with Crippen LogP contribution in [0.3, 0.4) is 0 Å². The Morgan fingerprint density at radius 2 is 2.21 bits per heavy atom. The molecular weight excluding hydrogens is 322 g/mol. The molecule has 0 aliphatic rings. The van der Waals surface area contributed by atoms with Crippen molar-refractivity contribution in [2.24, 2.45) is 7.05 Å². The van der Waals surface area contributed by atoms with Gasteiger partial charge < -0.3 is 4.74 Å². The van der Waals surface area contributed by atoms with E-state index in [1.165, 1.54) is 35.1 Å². The van der Waals surface area contributed by atoms with E-state index < -0.39 is 6.61 Å². The van der Waals surface area contributed by atoms with Crippen LogP contribution < -0.4 is 4.74 Å². The number of aryl methyl sites for hydroxylation is 1. The average Bonchev–Trinajstić information content (AvgIpc) is 2.68. The van der Waals surface area contributed by atoms with E-state index in [4.69, 9.17) is 0 Å². The summed E-state index contributed by atoms with van der Waals surface area (Å²) >= 11 is 3.22. The van der Waals surface area contributed by atoms with E-state index in [0.29, 0.717) is 10.2 Å². The van der Waals surface area contributed by atoms with Crippen molar-refractivity contribution in [3.8, 4) is 5.75 Å². The van der Waals surface area contributed by atoms with Gasteiger partial charge in [-0.15, -0.1) is 0 Å². The maximum Gasteiger partial charge on any atom is 0.387 e. The molecule has 2 rings (SSSR count). The van der Waals surface area contributed by atoms with Gasteiger partial charge in [0.15, 0.2) is 0 Å². The molecule has 1 aromatic carbocycles. The predicted octanol–water partition coefficient (Wildman–Crippen LogP) is 3.02. The second kappa shape index (κ2) is 5.48. The summed E-state index contributed by atoms with van der Waals surface area (Å²) in [4.78, 5) is 12.3. The Balaban J connectivity index is 2.34. The molecule has 0 bridgehead atoms. The van der Waals surface area contributed by atoms with Crippen molar-refractivity contribution >= 4 is 21.7 Å². The van der Waals surface area contributed by atoms with Gasteiger partial charge in [-0.05, 0) is 28.1 Å². The van der Waals surface area contributed by atoms with Crippen LogP contribution in [0.1, 0.15) is 16.1 Å². The van der Waals surface area contributed by atoms with Crippen molar-refractivity contribution in [2.45, 2.75) is 6.61 Å². The first-order chi connectivity index (χ1) is 8.99. The fraction of sp³-hybridized carbons (Fsp3) is 0.167. The zero-order valence-corrected chi connectivity index (χ0v) is 11.4. The van der Waals surface area contributed by atoms with Gasteiger partial charge in [0.1, 0.15) is 11.4 Å². The molecule has 1 aromatic heterocycles. The number of aromatic nitrogens is 2. The molecule has 0 radical (unpaired) electrons. The van der Waals surface area contributed by atoms with Crippen LogP contribution in [-0.2, 0) is 7.05 Å². The van der Waals surface area contributed by atoms with Gasteiger partial charge >= 0.3 is 6.61 Å². The molecule has 0 fully saturated rings. The third-order valence-corrected chi connectivity index (χ3v) is 3.01. The summed E-state index contributed by atoms with van der Waals surface area (Å²) in [5, 5.41) is 3.93. The molecule has 0 aliphatic carbocycles. The second-order valence-corrected chi connectivity index (χ2v) is 4.55. The SMILES string of the molecule is Cn1ncc(Br)c1C(=O)c1cccc(OC(F)F)c1. The van der Waals surface area contributed by atoms with Crippen molar-refractivity contribution in [2.75, 3.05) is 0 Å². The number of rotatable bonds is 4. The average molecular weight is 331 g/mol. The Labute approximate surface area is 116 Å². The number of alkyl halides is 2. The lowest BCUT2D eigenvalue weighted by atomic mass is 10.1. The van der Waals surface area contributed by atoms with Crippen LogP contribution in [0.5, 0.6) is 5.75 Å². The van der Waals surface area contributed by atoms with Crippen molar-refractivity contribution in [1.82, 2.24) is 9.78 Å². The first-order valence-corrected chi connectivity index (χ1v) is 6.05. The molecule has 0 atom stereocenters. The van der Waals surface area contributed by atoms with Crippen LogP contribution in [0.15, 0.2) is 34.9 Å². The molecule has 0 unspecified atom stereocenters. The van der Waals surface area contributed by atoms with E-state index in [1.54, 1.807) is 7.05 Å². The van der Waals surface area contributed by atoms with Gasteiger partial charge in [0.05, 0.1) is 10.7 Å². The van der Waals surface area contributed by atoms with Crippen LogP contribution in [0, 0.1) is 0 Å². The highest BCUT2D eigenvalue weighted by Crippen LogP contribution is 2.22. The van der Waals surface area contributed by atoms with E-state index in [1.807, 2.05) is 0 Å². The fourth-order valence-electron chi connectivity index (χ4n) is 1.62. The molecule has 0 aliphatic heterocycles. The Kier molecular flexibility index (Phi) is 3.94. The second-order valence-electron chi connectivity index (χ2n) is 3.70. The molecule has 4 nitrogen and oxygen atoms in total. The van der Waals surface area contributed by atoms with Gasteiger partial charge in [0.25, 0.3) is 0 Å². The molecule has 0 spiro atoms. The normalized spacial score (nSPS) is 10.8. The summed E-state index contributed by atoms with van der Waals surface area (Å²) in [6.45, 7) is -2.92. The lowest BCUT2D eigenvalue weighted by Crippen LogP contribution is -2.09. The van der Waals surface area contributed by atoms with Crippen molar-refractivity contribution in [3.63, 3.8) is 0 Å². The topological polar surface area (TPSA) is 44.1 Å². The first-order valence-electron chi connectivity index (χ1n) is 5.26. The Bertz CT molecular complexity index is 594. The molecule has 0 amide bonds. The van der Waals surface area contributed by atoms with Crippen LogP contribution in [0.4, 0.5) is 8.78 Å². The van der Waals surface area contributed by atoms with E-state index in [-0.39, 0.29) is 17.1 Å². The minimum atomic E-state index is -2.92. The summed E-state index contributed by atoms with van der Waals surface area (Å²) in [5.74, 6) is -0.384. The van der Waals surface area contributed by atoms with Gasteiger partial charge in [-0.1, -0.05) is 12.1 Å². The van der Waals surface area contributed by atoms with E-state index >= 15 is 0 Å². The number of carbonyl (C=O) groups excluding carboxylic acids is 1. The lowest BCUT2D eigenvalue weighted by molar-refractivity contribution is -0.0498. The zero-order valence-electron chi connectivity index (χ0n) is 9.81. The Morgan fingerprint density at radius 3 is 2.79 bits per heavy atom. The standard InChI is InChI=1S/C12H9BrF2N2O2/c1-17-10(9(13)6-16-17)11(18)7-3-2-4-8(5-7)19-12(14)15/h2-6,12H,1H3. The highest BCUT2D eigenvalue weighted by molar-refractivity contribution is 9.10. The van der Waals surface area contributed by atoms with Gasteiger partial charge in [-0.3, -0.25) is 9.48 Å². The number of halogens is 3. The predicted molar refractivity (Wildman–Crippen MR) is 67.4 cm³/mol. The number of hydrogen-bond acceptors (Lipinski definition) is 3. The maximum atomic E-state index is 12.3. The number of hydrogen-bond donors (Lipinski definition) is 0. The minimum absolute atomic E-state index is 0.0564. The molecule has 0 N–H and O–H groups in total. The fourth-order valence-corrected chi connectivity index (χ4v) is 2.14. The molecule has 7 heteroatoms. The van der Waals surface area contributed by atoms with Gasteiger partial charge in [0, 0.05) is 12.6 Å². The highest BCUT2D eigenvalue weighted by atomic mass is 79.9. The lowest BCUT2D eigenvalue weighted by Gasteiger charge is -2.07. The molecule has 100 valence electrons. The highest BCUT2D eigenvalue weighted by Gasteiger charge is 2.18. The van der Waals surface area contributed by atoms with Gasteiger partial charge in [-0.2, -0.15) is 13.9 Å². The number of nitrogens with zero attached hydrogens (tertiary/aromatic N) is 2. The van der Waals surface area contributed by atoms with Crippen LogP contribution in [0.25, 0.3) is 0 Å². The van der Waals surface area contributed by atoms with Crippen molar-refractivity contribution in [1.29, 1.82) is 0 Å². The van der Waals surface area contributed by atoms with Crippen molar-refractivity contribution < 1.29 is 18.3 Å². The zero-order chi connectivity index (χ0) is 14.0. The molecule has 0 saturated heterocycles. The third-order valence-electron chi connectivity index (χ3n) is 2.43.